The van der Waals surface area contributed by atoms with Crippen LogP contribution in [0.15, 0.2) is 36.0 Å². The SMILES string of the molecule is N#C/C(=C/NCc1cccc(F)c1)C(=O)NCCCC(=O)O. The Labute approximate surface area is 127 Å². The second kappa shape index (κ2) is 9.13. The highest BCUT2D eigenvalue weighted by atomic mass is 19.1. The molecule has 1 aromatic carbocycles. The largest absolute Gasteiger partial charge is 0.481 e. The van der Waals surface area contributed by atoms with Crippen LogP contribution in [0.5, 0.6) is 0 Å². The standard InChI is InChI=1S/C15H16FN3O3/c16-13-4-1-3-11(7-13)9-18-10-12(8-17)15(22)19-6-2-5-14(20)21/h1,3-4,7,10,18H,2,5-6,9H2,(H,19,22)(H,20,21)/b12-10-. The number of rotatable bonds is 8. The van der Waals surface area contributed by atoms with Crippen LogP contribution in [-0.2, 0) is 16.1 Å². The average molecular weight is 305 g/mol. The first-order chi connectivity index (χ1) is 10.5. The smallest absolute Gasteiger partial charge is 0.303 e. The third-order valence-corrected chi connectivity index (χ3v) is 2.66. The minimum atomic E-state index is -0.943. The maximum absolute atomic E-state index is 13.0. The average Bonchev–Trinajstić information content (AvgIpc) is 2.48. The molecule has 0 heterocycles. The van der Waals surface area contributed by atoms with Crippen LogP contribution >= 0.6 is 0 Å². The second-order valence-corrected chi connectivity index (χ2v) is 4.43. The summed E-state index contributed by atoms with van der Waals surface area (Å²) in [6.07, 6.45) is 1.48. The molecule has 0 aliphatic carbocycles. The number of nitriles is 1. The lowest BCUT2D eigenvalue weighted by molar-refractivity contribution is -0.137. The number of halogens is 1. The molecule has 0 aliphatic rings. The molecule has 0 aromatic heterocycles. The Morgan fingerprint density at radius 2 is 2.18 bits per heavy atom. The normalized spacial score (nSPS) is 10.6. The number of hydrogen-bond donors (Lipinski definition) is 3. The van der Waals surface area contributed by atoms with Gasteiger partial charge in [-0.1, -0.05) is 12.1 Å². The fourth-order valence-electron chi connectivity index (χ4n) is 1.60. The van der Waals surface area contributed by atoms with Gasteiger partial charge in [-0.25, -0.2) is 4.39 Å². The molecule has 0 radical (unpaired) electrons. The van der Waals surface area contributed by atoms with E-state index in [1.165, 1.54) is 18.3 Å². The van der Waals surface area contributed by atoms with Crippen LogP contribution in [0.25, 0.3) is 0 Å². The Kier molecular flexibility index (Phi) is 7.13. The van der Waals surface area contributed by atoms with E-state index in [1.807, 2.05) is 0 Å². The molecule has 0 fully saturated rings. The summed E-state index contributed by atoms with van der Waals surface area (Å²) in [4.78, 5) is 22.0. The monoisotopic (exact) mass is 305 g/mol. The Balaban J connectivity index is 2.43. The molecule has 1 rings (SSSR count). The maximum Gasteiger partial charge on any atom is 0.303 e. The van der Waals surface area contributed by atoms with Crippen molar-refractivity contribution in [2.45, 2.75) is 19.4 Å². The van der Waals surface area contributed by atoms with Crippen molar-refractivity contribution < 1.29 is 19.1 Å². The molecule has 0 atom stereocenters. The number of nitrogens with one attached hydrogen (secondary N) is 2. The minimum Gasteiger partial charge on any atom is -0.481 e. The van der Waals surface area contributed by atoms with Gasteiger partial charge in [-0.3, -0.25) is 9.59 Å². The number of carboxylic acids is 1. The Bertz CT molecular complexity index is 608. The molecule has 0 bridgehead atoms. The summed E-state index contributed by atoms with van der Waals surface area (Å²) in [6, 6.07) is 7.69. The number of amides is 1. The fraction of sp³-hybridized carbons (Fsp3) is 0.267. The summed E-state index contributed by atoms with van der Waals surface area (Å²) in [5.41, 5.74) is 0.544. The molecule has 0 saturated heterocycles. The van der Waals surface area contributed by atoms with Gasteiger partial charge in [-0.2, -0.15) is 5.26 Å². The molecule has 0 spiro atoms. The van der Waals surface area contributed by atoms with Crippen LogP contribution in [0, 0.1) is 17.1 Å². The van der Waals surface area contributed by atoms with Crippen molar-refractivity contribution in [2.75, 3.05) is 6.54 Å². The third-order valence-electron chi connectivity index (χ3n) is 2.66. The highest BCUT2D eigenvalue weighted by Crippen LogP contribution is 2.03. The van der Waals surface area contributed by atoms with Crippen molar-refractivity contribution in [1.82, 2.24) is 10.6 Å². The zero-order valence-corrected chi connectivity index (χ0v) is 11.8. The Hall–Kier alpha value is -2.88. The molecule has 0 saturated carbocycles. The van der Waals surface area contributed by atoms with Gasteiger partial charge in [0.05, 0.1) is 0 Å². The Morgan fingerprint density at radius 3 is 2.82 bits per heavy atom. The lowest BCUT2D eigenvalue weighted by Gasteiger charge is -2.05. The van der Waals surface area contributed by atoms with Crippen molar-refractivity contribution in [3.05, 3.63) is 47.4 Å². The van der Waals surface area contributed by atoms with Gasteiger partial charge in [0.1, 0.15) is 17.5 Å². The zero-order chi connectivity index (χ0) is 16.4. The lowest BCUT2D eigenvalue weighted by Crippen LogP contribution is -2.27. The van der Waals surface area contributed by atoms with Gasteiger partial charge in [-0.05, 0) is 24.1 Å². The molecule has 0 aliphatic heterocycles. The second-order valence-electron chi connectivity index (χ2n) is 4.43. The Morgan fingerprint density at radius 1 is 1.41 bits per heavy atom. The van der Waals surface area contributed by atoms with Crippen LogP contribution < -0.4 is 10.6 Å². The number of hydrogen-bond acceptors (Lipinski definition) is 4. The van der Waals surface area contributed by atoms with E-state index < -0.39 is 11.9 Å². The summed E-state index contributed by atoms with van der Waals surface area (Å²) in [5.74, 6) is -1.89. The van der Waals surface area contributed by atoms with Crippen LogP contribution in [0.4, 0.5) is 4.39 Å². The number of carboxylic acid groups (broad SMARTS) is 1. The summed E-state index contributed by atoms with van der Waals surface area (Å²) in [6.45, 7) is 0.448. The molecule has 22 heavy (non-hydrogen) atoms. The summed E-state index contributed by atoms with van der Waals surface area (Å²) in [5, 5.41) is 22.6. The first-order valence-electron chi connectivity index (χ1n) is 6.61. The summed E-state index contributed by atoms with van der Waals surface area (Å²) < 4.78 is 13.0. The van der Waals surface area contributed by atoms with Gasteiger partial charge in [0, 0.05) is 25.7 Å². The first-order valence-corrected chi connectivity index (χ1v) is 6.61. The van der Waals surface area contributed by atoms with Crippen LogP contribution in [0.1, 0.15) is 18.4 Å². The predicted molar refractivity (Wildman–Crippen MR) is 76.8 cm³/mol. The zero-order valence-electron chi connectivity index (χ0n) is 11.8. The van der Waals surface area contributed by atoms with E-state index >= 15 is 0 Å². The number of benzene rings is 1. The number of aliphatic carboxylic acids is 1. The van der Waals surface area contributed by atoms with Crippen molar-refractivity contribution in [2.24, 2.45) is 0 Å². The lowest BCUT2D eigenvalue weighted by atomic mass is 10.2. The molecule has 0 unspecified atom stereocenters. The summed E-state index contributed by atoms with van der Waals surface area (Å²) in [7, 11) is 0. The molecular formula is C15H16FN3O3. The molecule has 1 amide bonds. The van der Waals surface area contributed by atoms with Gasteiger partial charge < -0.3 is 15.7 Å². The van der Waals surface area contributed by atoms with E-state index in [4.69, 9.17) is 10.4 Å². The fourth-order valence-corrected chi connectivity index (χ4v) is 1.60. The van der Waals surface area contributed by atoms with Crippen LogP contribution in [0.2, 0.25) is 0 Å². The number of carbonyl (C=O) groups is 2. The molecule has 116 valence electrons. The van der Waals surface area contributed by atoms with Crippen molar-refractivity contribution in [3.8, 4) is 6.07 Å². The maximum atomic E-state index is 13.0. The van der Waals surface area contributed by atoms with E-state index in [1.54, 1.807) is 18.2 Å². The third kappa shape index (κ3) is 6.52. The van der Waals surface area contributed by atoms with Crippen LogP contribution in [-0.4, -0.2) is 23.5 Å². The minimum absolute atomic E-state index is 0.0519. The van der Waals surface area contributed by atoms with Crippen LogP contribution in [0.3, 0.4) is 0 Å². The first kappa shape index (κ1) is 17.2. The van der Waals surface area contributed by atoms with Crippen molar-refractivity contribution in [3.63, 3.8) is 0 Å². The highest BCUT2D eigenvalue weighted by Gasteiger charge is 2.08. The highest BCUT2D eigenvalue weighted by molar-refractivity contribution is 5.97. The number of nitrogens with zero attached hydrogens (tertiary/aromatic N) is 1. The molecule has 6 nitrogen and oxygen atoms in total. The quantitative estimate of drug-likeness (QED) is 0.382. The van der Waals surface area contributed by atoms with Crippen molar-refractivity contribution in [1.29, 1.82) is 5.26 Å². The molecule has 7 heteroatoms. The van der Waals surface area contributed by atoms with E-state index in [2.05, 4.69) is 10.6 Å². The summed E-state index contributed by atoms with van der Waals surface area (Å²) >= 11 is 0. The van der Waals surface area contributed by atoms with E-state index in [0.717, 1.165) is 0 Å². The topological polar surface area (TPSA) is 102 Å². The number of carbonyl (C=O) groups excluding carboxylic acids is 1. The van der Waals surface area contributed by atoms with E-state index in [9.17, 15) is 14.0 Å². The van der Waals surface area contributed by atoms with Gasteiger partial charge in [-0.15, -0.1) is 0 Å². The van der Waals surface area contributed by atoms with E-state index in [-0.39, 0.29) is 37.3 Å². The van der Waals surface area contributed by atoms with E-state index in [0.29, 0.717) is 5.56 Å². The van der Waals surface area contributed by atoms with Crippen molar-refractivity contribution >= 4 is 11.9 Å². The molecular weight excluding hydrogens is 289 g/mol. The van der Waals surface area contributed by atoms with Gasteiger partial charge in [0.2, 0.25) is 0 Å². The van der Waals surface area contributed by atoms with Gasteiger partial charge in [0.15, 0.2) is 0 Å². The van der Waals surface area contributed by atoms with Gasteiger partial charge in [0.25, 0.3) is 5.91 Å². The molecule has 1 aromatic rings. The molecule has 3 N–H and O–H groups in total. The predicted octanol–water partition coefficient (Wildman–Crippen LogP) is 1.30. The van der Waals surface area contributed by atoms with Gasteiger partial charge >= 0.3 is 5.97 Å².